The first-order chi connectivity index (χ1) is 17.5. The highest BCUT2D eigenvalue weighted by atomic mass is 19.1. The number of hydrogen-bond donors (Lipinski definition) is 1. The summed E-state index contributed by atoms with van der Waals surface area (Å²) in [5.41, 5.74) is 2.46. The molecule has 9 heteroatoms. The van der Waals surface area contributed by atoms with E-state index in [4.69, 9.17) is 4.74 Å². The summed E-state index contributed by atoms with van der Waals surface area (Å²) < 4.78 is 21.5. The van der Waals surface area contributed by atoms with Gasteiger partial charge in [0, 0.05) is 68.7 Å². The number of nitrogens with zero attached hydrogens (tertiary/aromatic N) is 4. The third-order valence-electron chi connectivity index (χ3n) is 6.70. The third kappa shape index (κ3) is 5.57. The van der Waals surface area contributed by atoms with Crippen molar-refractivity contribution in [3.8, 4) is 17.0 Å². The lowest BCUT2D eigenvalue weighted by Gasteiger charge is -2.34. The summed E-state index contributed by atoms with van der Waals surface area (Å²) in [7, 11) is 1.85. The molecule has 0 radical (unpaired) electrons. The molecular weight excluding hydrogens is 461 g/mol. The molecule has 1 N–H and O–H groups in total. The molecule has 2 amide bonds. The molecule has 0 bridgehead atoms. The van der Waals surface area contributed by atoms with Gasteiger partial charge in [0.25, 0.3) is 5.91 Å². The molecule has 8 nitrogen and oxygen atoms in total. The van der Waals surface area contributed by atoms with Gasteiger partial charge in [-0.15, -0.1) is 0 Å². The van der Waals surface area contributed by atoms with E-state index >= 15 is 0 Å². The predicted molar refractivity (Wildman–Crippen MR) is 134 cm³/mol. The van der Waals surface area contributed by atoms with Gasteiger partial charge in [0.2, 0.25) is 5.91 Å². The van der Waals surface area contributed by atoms with Crippen molar-refractivity contribution in [1.82, 2.24) is 19.6 Å². The molecule has 1 aliphatic heterocycles. The van der Waals surface area contributed by atoms with Crippen LogP contribution in [0.2, 0.25) is 0 Å². The number of benzene rings is 2. The number of carbonyl (C=O) groups is 2. The number of nitrogens with one attached hydrogen (secondary N) is 1. The van der Waals surface area contributed by atoms with Crippen molar-refractivity contribution in [3.63, 3.8) is 0 Å². The van der Waals surface area contributed by atoms with Crippen LogP contribution >= 0.6 is 0 Å². The highest BCUT2D eigenvalue weighted by molar-refractivity contribution is 6.04. The number of carbonyl (C=O) groups excluding carboxylic acids is 2. The molecule has 188 valence electrons. The number of halogens is 1. The second kappa shape index (κ2) is 10.5. The van der Waals surface area contributed by atoms with Crippen LogP contribution in [-0.2, 0) is 11.8 Å². The number of anilines is 1. The van der Waals surface area contributed by atoms with Crippen molar-refractivity contribution < 1.29 is 18.7 Å². The fraction of sp³-hybridized carbons (Fsp3) is 0.370. The zero-order chi connectivity index (χ0) is 25.1. The van der Waals surface area contributed by atoms with E-state index in [1.807, 2.05) is 30.1 Å². The molecular formula is C27H30FN5O3. The second-order valence-electron chi connectivity index (χ2n) is 9.31. The number of aryl methyl sites for hydroxylation is 1. The van der Waals surface area contributed by atoms with E-state index in [0.29, 0.717) is 24.0 Å². The first kappa shape index (κ1) is 24.0. The highest BCUT2D eigenvalue weighted by Gasteiger charge is 2.34. The summed E-state index contributed by atoms with van der Waals surface area (Å²) in [6, 6.07) is 12.9. The smallest absolute Gasteiger partial charge is 0.255 e. The summed E-state index contributed by atoms with van der Waals surface area (Å²) in [4.78, 5) is 29.2. The van der Waals surface area contributed by atoms with Gasteiger partial charge in [-0.1, -0.05) is 6.07 Å². The molecule has 1 saturated heterocycles. The minimum absolute atomic E-state index is 0.247. The first-order valence-electron chi connectivity index (χ1n) is 12.3. The van der Waals surface area contributed by atoms with E-state index in [0.717, 1.165) is 56.8 Å². The molecule has 1 saturated carbocycles. The molecule has 2 fully saturated rings. The molecule has 0 atom stereocenters. The van der Waals surface area contributed by atoms with Crippen LogP contribution < -0.4 is 10.1 Å². The van der Waals surface area contributed by atoms with Crippen molar-refractivity contribution >= 4 is 17.5 Å². The largest absolute Gasteiger partial charge is 0.492 e. The summed E-state index contributed by atoms with van der Waals surface area (Å²) in [5, 5.41) is 7.10. The Morgan fingerprint density at radius 2 is 1.89 bits per heavy atom. The van der Waals surface area contributed by atoms with E-state index < -0.39 is 11.7 Å². The van der Waals surface area contributed by atoms with Crippen LogP contribution in [0, 0.1) is 11.7 Å². The van der Waals surface area contributed by atoms with Crippen LogP contribution in [0.1, 0.15) is 23.2 Å². The quantitative estimate of drug-likeness (QED) is 0.523. The minimum atomic E-state index is -0.460. The van der Waals surface area contributed by atoms with E-state index in [9.17, 15) is 14.0 Å². The minimum Gasteiger partial charge on any atom is -0.492 e. The summed E-state index contributed by atoms with van der Waals surface area (Å²) in [5.74, 6) is 0.421. The second-order valence-corrected chi connectivity index (χ2v) is 9.31. The van der Waals surface area contributed by atoms with Crippen molar-refractivity contribution in [2.75, 3.05) is 44.6 Å². The normalized spacial score (nSPS) is 16.1. The fourth-order valence-corrected chi connectivity index (χ4v) is 4.47. The van der Waals surface area contributed by atoms with Gasteiger partial charge in [-0.05, 0) is 55.3 Å². The molecule has 2 aliphatic rings. The highest BCUT2D eigenvalue weighted by Crippen LogP contribution is 2.33. The molecule has 2 aromatic carbocycles. The van der Waals surface area contributed by atoms with Gasteiger partial charge in [-0.2, -0.15) is 5.10 Å². The molecule has 1 aromatic heterocycles. The maximum absolute atomic E-state index is 13.5. The Balaban J connectivity index is 1.23. The van der Waals surface area contributed by atoms with Gasteiger partial charge in [0.1, 0.15) is 18.2 Å². The topological polar surface area (TPSA) is 79.7 Å². The van der Waals surface area contributed by atoms with Crippen LogP contribution in [-0.4, -0.2) is 70.7 Å². The monoisotopic (exact) mass is 491 g/mol. The molecule has 2 heterocycles. The lowest BCUT2D eigenvalue weighted by atomic mass is 10.1. The average Bonchev–Trinajstić information content (AvgIpc) is 3.65. The Labute approximate surface area is 209 Å². The molecule has 0 spiro atoms. The zero-order valence-electron chi connectivity index (χ0n) is 20.3. The standard InChI is InChI=1S/C27H30FN5O3/c1-31-24(9-10-29-31)23-18-22(30-26(34)20-3-2-4-21(28)17-20)7-8-25(23)36-16-15-32-11-13-33(14-12-32)27(35)19-5-6-19/h2-4,7-10,17-19H,5-6,11-16H2,1H3,(H,30,34). The molecule has 0 unspecified atom stereocenters. The lowest BCUT2D eigenvalue weighted by molar-refractivity contribution is -0.134. The number of aromatic nitrogens is 2. The van der Waals surface area contributed by atoms with E-state index in [1.165, 1.54) is 18.2 Å². The molecule has 3 aromatic rings. The molecule has 36 heavy (non-hydrogen) atoms. The van der Waals surface area contributed by atoms with Gasteiger partial charge in [0.05, 0.1) is 5.69 Å². The maximum Gasteiger partial charge on any atom is 0.255 e. The van der Waals surface area contributed by atoms with E-state index in [2.05, 4.69) is 15.3 Å². The van der Waals surface area contributed by atoms with E-state index in [-0.39, 0.29) is 11.5 Å². The van der Waals surface area contributed by atoms with Crippen molar-refractivity contribution in [3.05, 3.63) is 66.1 Å². The average molecular weight is 492 g/mol. The Morgan fingerprint density at radius 3 is 2.58 bits per heavy atom. The third-order valence-corrected chi connectivity index (χ3v) is 6.70. The van der Waals surface area contributed by atoms with Crippen molar-refractivity contribution in [1.29, 1.82) is 0 Å². The summed E-state index contributed by atoms with van der Waals surface area (Å²) >= 11 is 0. The number of hydrogen-bond acceptors (Lipinski definition) is 5. The number of ether oxygens (including phenoxy) is 1. The Bertz CT molecular complexity index is 1250. The number of amides is 2. The lowest BCUT2D eigenvalue weighted by Crippen LogP contribution is -2.50. The van der Waals surface area contributed by atoms with E-state index in [1.54, 1.807) is 23.0 Å². The van der Waals surface area contributed by atoms with Crippen molar-refractivity contribution in [2.24, 2.45) is 13.0 Å². The van der Waals surface area contributed by atoms with Crippen LogP contribution in [0.5, 0.6) is 5.75 Å². The first-order valence-corrected chi connectivity index (χ1v) is 12.3. The molecule has 1 aliphatic carbocycles. The molecule has 5 rings (SSSR count). The van der Waals surface area contributed by atoms with Gasteiger partial charge < -0.3 is 15.0 Å². The number of rotatable bonds is 8. The maximum atomic E-state index is 13.5. The summed E-state index contributed by atoms with van der Waals surface area (Å²) in [6.45, 7) is 4.50. The van der Waals surface area contributed by atoms with Gasteiger partial charge in [-0.3, -0.25) is 19.2 Å². The summed E-state index contributed by atoms with van der Waals surface area (Å²) in [6.07, 6.45) is 3.79. The van der Waals surface area contributed by atoms with Crippen LogP contribution in [0.15, 0.2) is 54.7 Å². The van der Waals surface area contributed by atoms with Gasteiger partial charge >= 0.3 is 0 Å². The van der Waals surface area contributed by atoms with Crippen LogP contribution in [0.3, 0.4) is 0 Å². The van der Waals surface area contributed by atoms with Gasteiger partial charge in [0.15, 0.2) is 0 Å². The number of piperazine rings is 1. The van der Waals surface area contributed by atoms with Crippen LogP contribution in [0.4, 0.5) is 10.1 Å². The fourth-order valence-electron chi connectivity index (χ4n) is 4.47. The Kier molecular flexibility index (Phi) is 6.99. The predicted octanol–water partition coefficient (Wildman–Crippen LogP) is 3.41. The van der Waals surface area contributed by atoms with Gasteiger partial charge in [-0.25, -0.2) is 4.39 Å². The van der Waals surface area contributed by atoms with Crippen LogP contribution in [0.25, 0.3) is 11.3 Å². The van der Waals surface area contributed by atoms with Crippen molar-refractivity contribution in [2.45, 2.75) is 12.8 Å². The Morgan fingerprint density at radius 1 is 1.08 bits per heavy atom. The SMILES string of the molecule is Cn1nccc1-c1cc(NC(=O)c2cccc(F)c2)ccc1OCCN1CCN(C(=O)C2CC2)CC1. The Hall–Kier alpha value is -3.72. The zero-order valence-corrected chi connectivity index (χ0v) is 20.3.